The third-order valence-corrected chi connectivity index (χ3v) is 4.98. The maximum Gasteiger partial charge on any atom is 0.332 e. The number of hydrogen-bond acceptors (Lipinski definition) is 6. The zero-order valence-electron chi connectivity index (χ0n) is 14.6. The first-order valence-corrected chi connectivity index (χ1v) is 8.82. The van der Waals surface area contributed by atoms with E-state index in [1.165, 1.54) is 30.5 Å². The predicted molar refractivity (Wildman–Crippen MR) is 98.5 cm³/mol. The van der Waals surface area contributed by atoms with Crippen molar-refractivity contribution < 1.29 is 9.53 Å². The molecule has 1 aromatic carbocycles. The molecule has 2 heterocycles. The average molecular weight is 374 g/mol. The molecule has 0 N–H and O–H groups in total. The van der Waals surface area contributed by atoms with Crippen molar-refractivity contribution in [3.63, 3.8) is 0 Å². The van der Waals surface area contributed by atoms with Crippen LogP contribution in [-0.2, 0) is 30.2 Å². The number of esters is 1. The molecule has 26 heavy (non-hydrogen) atoms. The molecule has 0 saturated carbocycles. The van der Waals surface area contributed by atoms with E-state index >= 15 is 0 Å². The van der Waals surface area contributed by atoms with E-state index in [9.17, 15) is 14.4 Å². The van der Waals surface area contributed by atoms with Crippen LogP contribution >= 0.6 is 11.8 Å². The molecule has 0 atom stereocenters. The second-order valence-electron chi connectivity index (χ2n) is 5.71. The summed E-state index contributed by atoms with van der Waals surface area (Å²) < 4.78 is 8.87. The van der Waals surface area contributed by atoms with Crippen molar-refractivity contribution in [1.29, 1.82) is 0 Å². The van der Waals surface area contributed by atoms with Gasteiger partial charge in [-0.3, -0.25) is 18.7 Å². The lowest BCUT2D eigenvalue weighted by molar-refractivity contribution is -0.137. The molecule has 0 radical (unpaired) electrons. The van der Waals surface area contributed by atoms with Gasteiger partial charge >= 0.3 is 11.7 Å². The van der Waals surface area contributed by atoms with Crippen molar-refractivity contribution in [3.05, 3.63) is 56.7 Å². The van der Waals surface area contributed by atoms with Crippen LogP contribution < -0.4 is 11.2 Å². The van der Waals surface area contributed by atoms with Crippen LogP contribution in [0.2, 0.25) is 0 Å². The molecule has 0 aliphatic rings. The monoisotopic (exact) mass is 374 g/mol. The Balaban J connectivity index is 2.21. The number of benzene rings is 1. The maximum absolute atomic E-state index is 12.5. The minimum atomic E-state index is -0.463. The van der Waals surface area contributed by atoms with Crippen LogP contribution in [-0.4, -0.2) is 37.5 Å². The van der Waals surface area contributed by atoms with Gasteiger partial charge < -0.3 is 9.30 Å². The first-order valence-electron chi connectivity index (χ1n) is 7.83. The van der Waals surface area contributed by atoms with Crippen LogP contribution in [0.15, 0.2) is 45.1 Å². The van der Waals surface area contributed by atoms with Gasteiger partial charge in [0.15, 0.2) is 16.3 Å². The molecular formula is C17H18N4O4S. The van der Waals surface area contributed by atoms with Gasteiger partial charge in [0.05, 0.1) is 19.4 Å². The van der Waals surface area contributed by atoms with E-state index in [-0.39, 0.29) is 11.3 Å². The summed E-state index contributed by atoms with van der Waals surface area (Å²) in [4.78, 5) is 40.7. The smallest absolute Gasteiger partial charge is 0.332 e. The van der Waals surface area contributed by atoms with E-state index in [1.807, 2.05) is 30.3 Å². The molecule has 9 heteroatoms. The Morgan fingerprint density at radius 1 is 1.15 bits per heavy atom. The summed E-state index contributed by atoms with van der Waals surface area (Å²) >= 11 is 1.17. The van der Waals surface area contributed by atoms with Crippen LogP contribution in [0, 0.1) is 0 Å². The highest BCUT2D eigenvalue weighted by Crippen LogP contribution is 2.23. The van der Waals surface area contributed by atoms with Crippen molar-refractivity contribution >= 4 is 28.9 Å². The van der Waals surface area contributed by atoms with Crippen molar-refractivity contribution in [1.82, 2.24) is 18.7 Å². The van der Waals surface area contributed by atoms with Crippen LogP contribution in [0.5, 0.6) is 0 Å². The highest BCUT2D eigenvalue weighted by atomic mass is 32.2. The molecule has 0 spiro atoms. The molecule has 0 aliphatic carbocycles. The van der Waals surface area contributed by atoms with Gasteiger partial charge in [-0.25, -0.2) is 9.78 Å². The lowest BCUT2D eigenvalue weighted by Crippen LogP contribution is -2.37. The van der Waals surface area contributed by atoms with Crippen molar-refractivity contribution in [2.24, 2.45) is 14.1 Å². The fourth-order valence-electron chi connectivity index (χ4n) is 2.67. The number of fused-ring (bicyclic) bond motifs is 1. The minimum absolute atomic E-state index is 0.0584. The lowest BCUT2D eigenvalue weighted by atomic mass is 10.2. The van der Waals surface area contributed by atoms with E-state index in [4.69, 9.17) is 0 Å². The SMILES string of the molecule is COC(=O)CSc1nc2c(=O)n(C)c(=O)n(C)c2n1Cc1ccccc1. The second kappa shape index (κ2) is 7.20. The van der Waals surface area contributed by atoms with Gasteiger partial charge in [0, 0.05) is 14.1 Å². The van der Waals surface area contributed by atoms with E-state index in [2.05, 4.69) is 9.72 Å². The summed E-state index contributed by atoms with van der Waals surface area (Å²) in [6.45, 7) is 0.418. The third-order valence-electron chi connectivity index (χ3n) is 4.03. The zero-order chi connectivity index (χ0) is 18.8. The van der Waals surface area contributed by atoms with Crippen LogP contribution in [0.25, 0.3) is 11.2 Å². The number of rotatable bonds is 5. The van der Waals surface area contributed by atoms with Crippen molar-refractivity contribution in [2.45, 2.75) is 11.7 Å². The van der Waals surface area contributed by atoms with E-state index in [1.54, 1.807) is 11.6 Å². The fourth-order valence-corrected chi connectivity index (χ4v) is 3.50. The number of carbonyl (C=O) groups excluding carboxylic acids is 1. The average Bonchev–Trinajstić information content (AvgIpc) is 3.02. The predicted octanol–water partition coefficient (Wildman–Crippen LogP) is 0.747. The normalized spacial score (nSPS) is 11.0. The van der Waals surface area contributed by atoms with Gasteiger partial charge in [-0.1, -0.05) is 42.1 Å². The Kier molecular flexibility index (Phi) is 4.99. The van der Waals surface area contributed by atoms with Crippen molar-refractivity contribution in [2.75, 3.05) is 12.9 Å². The largest absolute Gasteiger partial charge is 0.468 e. The van der Waals surface area contributed by atoms with Gasteiger partial charge in [-0.15, -0.1) is 0 Å². The molecule has 0 bridgehead atoms. The standard InChI is InChI=1S/C17H18N4O4S/c1-19-14-13(15(23)20(2)17(19)24)18-16(26-10-12(22)25-3)21(14)9-11-7-5-4-6-8-11/h4-8H,9-10H2,1-3H3. The first kappa shape index (κ1) is 18.0. The first-order chi connectivity index (χ1) is 12.4. The maximum atomic E-state index is 12.5. The molecule has 136 valence electrons. The summed E-state index contributed by atoms with van der Waals surface area (Å²) in [6.07, 6.45) is 0. The molecule has 0 aliphatic heterocycles. The number of aryl methyl sites for hydroxylation is 1. The number of methoxy groups -OCH3 is 1. The molecule has 0 unspecified atom stereocenters. The van der Waals surface area contributed by atoms with Gasteiger partial charge in [0.1, 0.15) is 0 Å². The number of hydrogen-bond donors (Lipinski definition) is 0. The Morgan fingerprint density at radius 2 is 1.85 bits per heavy atom. The fraction of sp³-hybridized carbons (Fsp3) is 0.294. The summed E-state index contributed by atoms with van der Waals surface area (Å²) in [5, 5.41) is 0.479. The highest BCUT2D eigenvalue weighted by molar-refractivity contribution is 7.99. The number of carbonyl (C=O) groups is 1. The van der Waals surface area contributed by atoms with Gasteiger partial charge in [0.2, 0.25) is 0 Å². The van der Waals surface area contributed by atoms with E-state index in [0.717, 1.165) is 10.1 Å². The van der Waals surface area contributed by atoms with E-state index in [0.29, 0.717) is 17.3 Å². The van der Waals surface area contributed by atoms with Crippen LogP contribution in [0.1, 0.15) is 5.56 Å². The van der Waals surface area contributed by atoms with Gasteiger partial charge in [-0.05, 0) is 5.56 Å². The van der Waals surface area contributed by atoms with Crippen LogP contribution in [0.4, 0.5) is 0 Å². The Labute approximate surface area is 153 Å². The minimum Gasteiger partial charge on any atom is -0.468 e. The topological polar surface area (TPSA) is 88.1 Å². The van der Waals surface area contributed by atoms with Gasteiger partial charge in [0.25, 0.3) is 5.56 Å². The number of aromatic nitrogens is 4. The summed E-state index contributed by atoms with van der Waals surface area (Å²) in [6, 6.07) is 9.62. The summed E-state index contributed by atoms with van der Waals surface area (Å²) in [5.74, 6) is -0.335. The Morgan fingerprint density at radius 3 is 2.50 bits per heavy atom. The number of imidazole rings is 1. The molecule has 3 aromatic rings. The van der Waals surface area contributed by atoms with E-state index < -0.39 is 17.2 Å². The molecule has 0 saturated heterocycles. The number of ether oxygens (including phenoxy) is 1. The molecule has 3 rings (SSSR count). The molecule has 0 amide bonds. The third kappa shape index (κ3) is 3.17. The molecule has 2 aromatic heterocycles. The zero-order valence-corrected chi connectivity index (χ0v) is 15.4. The second-order valence-corrected chi connectivity index (χ2v) is 6.65. The molecule has 0 fully saturated rings. The molecular weight excluding hydrogens is 356 g/mol. The number of nitrogens with zero attached hydrogens (tertiary/aromatic N) is 4. The highest BCUT2D eigenvalue weighted by Gasteiger charge is 2.20. The lowest BCUT2D eigenvalue weighted by Gasteiger charge is -2.11. The van der Waals surface area contributed by atoms with Crippen LogP contribution in [0.3, 0.4) is 0 Å². The quantitative estimate of drug-likeness (QED) is 0.484. The number of thioether (sulfide) groups is 1. The Bertz CT molecular complexity index is 1080. The van der Waals surface area contributed by atoms with Gasteiger partial charge in [-0.2, -0.15) is 0 Å². The summed E-state index contributed by atoms with van der Waals surface area (Å²) in [5.41, 5.74) is 0.711. The molecule has 8 nitrogen and oxygen atoms in total. The van der Waals surface area contributed by atoms with Crippen molar-refractivity contribution in [3.8, 4) is 0 Å². The summed E-state index contributed by atoms with van der Waals surface area (Å²) in [7, 11) is 4.33. The Hall–Kier alpha value is -2.81.